The molecule has 1 heterocycles. The molecule has 2 aliphatic rings. The van der Waals surface area contributed by atoms with Gasteiger partial charge in [0.05, 0.1) is 6.61 Å². The van der Waals surface area contributed by atoms with Crippen LogP contribution in [0.3, 0.4) is 0 Å². The van der Waals surface area contributed by atoms with Gasteiger partial charge in [-0.25, -0.2) is 0 Å². The van der Waals surface area contributed by atoms with Gasteiger partial charge in [0.1, 0.15) is 11.5 Å². The minimum absolute atomic E-state index is 0.199. The molecule has 2 aromatic carbocycles. The van der Waals surface area contributed by atoms with E-state index in [1.165, 1.54) is 16.7 Å². The highest BCUT2D eigenvalue weighted by Gasteiger charge is 2.48. The van der Waals surface area contributed by atoms with E-state index in [4.69, 9.17) is 10.5 Å². The highest BCUT2D eigenvalue weighted by atomic mass is 16.5. The summed E-state index contributed by atoms with van der Waals surface area (Å²) in [5.74, 6) is 1.66. The number of aliphatic hydroxyl groups excluding tert-OH is 1. The van der Waals surface area contributed by atoms with E-state index >= 15 is 0 Å². The van der Waals surface area contributed by atoms with Crippen LogP contribution < -0.4 is 5.73 Å². The highest BCUT2D eigenvalue weighted by Crippen LogP contribution is 2.57. The van der Waals surface area contributed by atoms with E-state index in [-0.39, 0.29) is 17.3 Å². The Morgan fingerprint density at radius 1 is 1.12 bits per heavy atom. The molecule has 1 aliphatic heterocycles. The smallest absolute Gasteiger partial charge is 0.114 e. The van der Waals surface area contributed by atoms with Crippen LogP contribution in [0.15, 0.2) is 72.2 Å². The lowest BCUT2D eigenvalue weighted by molar-refractivity contribution is 0.0346. The number of hydrogen-bond donors (Lipinski definition) is 2. The number of nitrogen functional groups attached to an aromatic ring is 1. The van der Waals surface area contributed by atoms with Crippen LogP contribution in [-0.2, 0) is 4.74 Å². The molecule has 3 atom stereocenters. The lowest BCUT2D eigenvalue weighted by atomic mass is 9.60. The van der Waals surface area contributed by atoms with Gasteiger partial charge in [-0.15, -0.1) is 0 Å². The molecule has 1 saturated heterocycles. The Morgan fingerprint density at radius 3 is 2.62 bits per heavy atom. The minimum Gasteiger partial charge on any atom is -0.508 e. The van der Waals surface area contributed by atoms with Gasteiger partial charge in [-0.1, -0.05) is 48.9 Å². The number of anilines is 1. The first-order valence-corrected chi connectivity index (χ1v) is 9.13. The van der Waals surface area contributed by atoms with Crippen LogP contribution >= 0.6 is 0 Å². The van der Waals surface area contributed by atoms with Crippen molar-refractivity contribution in [3.63, 3.8) is 0 Å². The zero-order chi connectivity index (χ0) is 18.3. The van der Waals surface area contributed by atoms with Gasteiger partial charge < -0.3 is 15.6 Å². The standard InChI is InChI=1S/C23H25NO2/c1-15-4-3-5-17(12-15)20-14-26-21-13-19(25)10-11-23(21,2)22(20)16-6-8-18(24)9-7-16/h3-10,12-13,20,22,25H,11,14,24H2,1-2H3. The number of aliphatic hydroxyl groups is 1. The van der Waals surface area contributed by atoms with Gasteiger partial charge in [0.25, 0.3) is 0 Å². The SMILES string of the molecule is Cc1cccc(C2COC3=CC(O)=CCC3(C)C2c2ccc(N)cc2)c1. The number of benzene rings is 2. The average molecular weight is 347 g/mol. The van der Waals surface area contributed by atoms with E-state index in [1.54, 1.807) is 6.08 Å². The number of aryl methyl sites for hydroxylation is 1. The normalized spacial score (nSPS) is 27.8. The van der Waals surface area contributed by atoms with Crippen molar-refractivity contribution in [3.8, 4) is 0 Å². The molecule has 26 heavy (non-hydrogen) atoms. The highest BCUT2D eigenvalue weighted by molar-refractivity contribution is 5.45. The molecule has 0 radical (unpaired) electrons. The molecule has 3 nitrogen and oxygen atoms in total. The van der Waals surface area contributed by atoms with Crippen molar-refractivity contribution in [1.29, 1.82) is 0 Å². The Morgan fingerprint density at radius 2 is 1.88 bits per heavy atom. The first-order valence-electron chi connectivity index (χ1n) is 9.13. The largest absolute Gasteiger partial charge is 0.508 e. The molecule has 4 rings (SSSR count). The monoisotopic (exact) mass is 347 g/mol. The third-order valence-corrected chi connectivity index (χ3v) is 5.85. The molecule has 3 N–H and O–H groups in total. The lowest BCUT2D eigenvalue weighted by Crippen LogP contribution is -2.40. The average Bonchev–Trinajstić information content (AvgIpc) is 2.62. The number of fused-ring (bicyclic) bond motifs is 1. The number of allylic oxidation sites excluding steroid dienone is 3. The van der Waals surface area contributed by atoms with E-state index < -0.39 is 0 Å². The topological polar surface area (TPSA) is 55.5 Å². The van der Waals surface area contributed by atoms with Crippen molar-refractivity contribution in [1.82, 2.24) is 0 Å². The molecule has 0 bridgehead atoms. The maximum absolute atomic E-state index is 9.96. The molecule has 0 aromatic heterocycles. The van der Waals surface area contributed by atoms with Crippen LogP contribution in [0.4, 0.5) is 5.69 Å². The second kappa shape index (κ2) is 6.24. The molecule has 0 amide bonds. The predicted molar refractivity (Wildman–Crippen MR) is 105 cm³/mol. The van der Waals surface area contributed by atoms with Gasteiger partial charge in [-0.3, -0.25) is 0 Å². The van der Waals surface area contributed by atoms with E-state index in [0.29, 0.717) is 12.4 Å². The van der Waals surface area contributed by atoms with Gasteiger partial charge in [-0.2, -0.15) is 0 Å². The van der Waals surface area contributed by atoms with Crippen molar-refractivity contribution >= 4 is 5.69 Å². The Kier molecular flexibility index (Phi) is 4.03. The van der Waals surface area contributed by atoms with E-state index in [1.807, 2.05) is 18.2 Å². The van der Waals surface area contributed by atoms with Crippen LogP contribution in [0.25, 0.3) is 0 Å². The molecular weight excluding hydrogens is 322 g/mol. The number of hydrogen-bond acceptors (Lipinski definition) is 3. The van der Waals surface area contributed by atoms with Gasteiger partial charge in [0.15, 0.2) is 0 Å². The van der Waals surface area contributed by atoms with Crippen LogP contribution in [0.2, 0.25) is 0 Å². The summed E-state index contributed by atoms with van der Waals surface area (Å²) in [6, 6.07) is 16.9. The summed E-state index contributed by atoms with van der Waals surface area (Å²) in [5.41, 5.74) is 10.3. The van der Waals surface area contributed by atoms with Gasteiger partial charge in [0, 0.05) is 29.0 Å². The Hall–Kier alpha value is -2.68. The molecule has 3 heteroatoms. The fourth-order valence-corrected chi connectivity index (χ4v) is 4.47. The summed E-state index contributed by atoms with van der Waals surface area (Å²) < 4.78 is 6.17. The van der Waals surface area contributed by atoms with Gasteiger partial charge >= 0.3 is 0 Å². The maximum Gasteiger partial charge on any atom is 0.114 e. The van der Waals surface area contributed by atoms with Crippen molar-refractivity contribution in [2.75, 3.05) is 12.3 Å². The van der Waals surface area contributed by atoms with Crippen LogP contribution in [-0.4, -0.2) is 11.7 Å². The fourth-order valence-electron chi connectivity index (χ4n) is 4.47. The molecule has 1 fully saturated rings. The second-order valence-electron chi connectivity index (χ2n) is 7.74. The predicted octanol–water partition coefficient (Wildman–Crippen LogP) is 5.21. The number of rotatable bonds is 2. The Labute approximate surface area is 154 Å². The molecule has 3 unspecified atom stereocenters. The third-order valence-electron chi connectivity index (χ3n) is 5.85. The molecule has 0 spiro atoms. The second-order valence-corrected chi connectivity index (χ2v) is 7.74. The van der Waals surface area contributed by atoms with Crippen LogP contribution in [0.1, 0.15) is 41.9 Å². The van der Waals surface area contributed by atoms with Gasteiger partial charge in [0.2, 0.25) is 0 Å². The Balaban J connectivity index is 1.84. The lowest BCUT2D eigenvalue weighted by Gasteiger charge is -2.48. The molecular formula is C23H25NO2. The maximum atomic E-state index is 9.96. The summed E-state index contributed by atoms with van der Waals surface area (Å²) in [6.45, 7) is 4.97. The minimum atomic E-state index is -0.199. The van der Waals surface area contributed by atoms with Gasteiger partial charge in [-0.05, 0) is 42.7 Å². The van der Waals surface area contributed by atoms with Crippen LogP contribution in [0.5, 0.6) is 0 Å². The van der Waals surface area contributed by atoms with Crippen molar-refractivity contribution in [2.45, 2.75) is 32.1 Å². The number of ether oxygens (including phenoxy) is 1. The van der Waals surface area contributed by atoms with E-state index in [0.717, 1.165) is 17.9 Å². The van der Waals surface area contributed by atoms with Crippen molar-refractivity contribution < 1.29 is 9.84 Å². The molecule has 0 saturated carbocycles. The Bertz CT molecular complexity index is 881. The fraction of sp³-hybridized carbons (Fsp3) is 0.304. The molecule has 1 aliphatic carbocycles. The summed E-state index contributed by atoms with van der Waals surface area (Å²) in [7, 11) is 0. The number of nitrogens with two attached hydrogens (primary N) is 1. The van der Waals surface area contributed by atoms with E-state index in [2.05, 4.69) is 50.2 Å². The van der Waals surface area contributed by atoms with Crippen LogP contribution in [0, 0.1) is 12.3 Å². The molecule has 2 aromatic rings. The van der Waals surface area contributed by atoms with Crippen molar-refractivity contribution in [2.24, 2.45) is 5.41 Å². The summed E-state index contributed by atoms with van der Waals surface area (Å²) in [5, 5.41) is 9.96. The molecule has 134 valence electrons. The quantitative estimate of drug-likeness (QED) is 0.733. The zero-order valence-corrected chi connectivity index (χ0v) is 15.3. The third kappa shape index (κ3) is 2.78. The van der Waals surface area contributed by atoms with Crippen molar-refractivity contribution in [3.05, 3.63) is 88.9 Å². The van der Waals surface area contributed by atoms with E-state index in [9.17, 15) is 5.11 Å². The zero-order valence-electron chi connectivity index (χ0n) is 15.3. The summed E-state index contributed by atoms with van der Waals surface area (Å²) in [4.78, 5) is 0. The summed E-state index contributed by atoms with van der Waals surface area (Å²) >= 11 is 0. The first-order chi connectivity index (χ1) is 12.5. The summed E-state index contributed by atoms with van der Waals surface area (Å²) in [6.07, 6.45) is 4.43. The first kappa shape index (κ1) is 16.8.